The molecule has 0 saturated carbocycles. The van der Waals surface area contributed by atoms with Crippen LogP contribution >= 0.6 is 12.4 Å². The summed E-state index contributed by atoms with van der Waals surface area (Å²) in [5, 5.41) is 11.5. The quantitative estimate of drug-likeness (QED) is 0.139. The summed E-state index contributed by atoms with van der Waals surface area (Å²) in [6.07, 6.45) is 26.8. The number of carbonyl (C=O) groups is 1. The molecular weight excluding hydrogens is 486 g/mol. The Morgan fingerprint density at radius 3 is 2.11 bits per heavy atom. The number of aryl methyl sites for hydroxylation is 2. The second-order valence-electron chi connectivity index (χ2n) is 10.2. The molecule has 9 heteroatoms. The van der Waals surface area contributed by atoms with Crippen molar-refractivity contribution in [1.82, 2.24) is 30.3 Å². The molecule has 0 atom stereocenters. The van der Waals surface area contributed by atoms with E-state index in [4.69, 9.17) is 5.73 Å². The SMILES string of the molecule is CCCCCCCCCCCCCCCC(=O)NCCn1cc(CCCCCc2cnc(N)[nH]2)nn1.Cl. The van der Waals surface area contributed by atoms with E-state index in [0.717, 1.165) is 56.3 Å². The van der Waals surface area contributed by atoms with E-state index in [2.05, 4.69) is 32.5 Å². The van der Waals surface area contributed by atoms with Gasteiger partial charge in [0.05, 0.1) is 18.4 Å². The normalized spacial score (nSPS) is 10.9. The van der Waals surface area contributed by atoms with Gasteiger partial charge in [-0.1, -0.05) is 95.6 Å². The minimum absolute atomic E-state index is 0. The number of nitrogens with zero attached hydrogens (tertiary/aromatic N) is 4. The molecule has 0 unspecified atom stereocenters. The first-order valence-corrected chi connectivity index (χ1v) is 14.6. The largest absolute Gasteiger partial charge is 0.369 e. The number of anilines is 1. The number of nitrogen functional groups attached to an aromatic ring is 1. The fraction of sp³-hybridized carbons (Fsp3) is 0.786. The molecule has 0 bridgehead atoms. The van der Waals surface area contributed by atoms with E-state index < -0.39 is 0 Å². The molecule has 1 amide bonds. The van der Waals surface area contributed by atoms with Crippen molar-refractivity contribution in [3.05, 3.63) is 23.8 Å². The van der Waals surface area contributed by atoms with Crippen molar-refractivity contribution in [2.24, 2.45) is 0 Å². The summed E-state index contributed by atoms with van der Waals surface area (Å²) in [6, 6.07) is 0. The van der Waals surface area contributed by atoms with Crippen molar-refractivity contribution in [2.45, 2.75) is 135 Å². The lowest BCUT2D eigenvalue weighted by atomic mass is 10.0. The highest BCUT2D eigenvalue weighted by molar-refractivity contribution is 5.85. The predicted molar refractivity (Wildman–Crippen MR) is 155 cm³/mol. The van der Waals surface area contributed by atoms with Crippen LogP contribution in [0, 0.1) is 0 Å². The van der Waals surface area contributed by atoms with Crippen LogP contribution in [0.15, 0.2) is 12.4 Å². The second kappa shape index (κ2) is 21.9. The first kappa shape index (κ1) is 32.9. The van der Waals surface area contributed by atoms with Crippen LogP contribution in [0.1, 0.15) is 127 Å². The molecule has 0 aliphatic carbocycles. The number of carbonyl (C=O) groups excluding carboxylic acids is 1. The van der Waals surface area contributed by atoms with Gasteiger partial charge in [-0.25, -0.2) is 4.98 Å². The first-order valence-electron chi connectivity index (χ1n) is 14.6. The fourth-order valence-electron chi connectivity index (χ4n) is 4.57. The molecule has 2 rings (SSSR count). The smallest absolute Gasteiger partial charge is 0.220 e. The van der Waals surface area contributed by atoms with Gasteiger partial charge in [0.1, 0.15) is 0 Å². The van der Waals surface area contributed by atoms with Gasteiger partial charge in [-0.2, -0.15) is 0 Å². The van der Waals surface area contributed by atoms with Gasteiger partial charge in [0.15, 0.2) is 5.95 Å². The average Bonchev–Trinajstić information content (AvgIpc) is 3.50. The summed E-state index contributed by atoms with van der Waals surface area (Å²) >= 11 is 0. The fourth-order valence-corrected chi connectivity index (χ4v) is 4.57. The van der Waals surface area contributed by atoms with E-state index >= 15 is 0 Å². The van der Waals surface area contributed by atoms with Gasteiger partial charge in [0, 0.05) is 24.9 Å². The molecule has 0 aliphatic heterocycles. The third-order valence-electron chi connectivity index (χ3n) is 6.78. The van der Waals surface area contributed by atoms with E-state index in [1.165, 1.54) is 70.6 Å². The third-order valence-corrected chi connectivity index (χ3v) is 6.78. The monoisotopic (exact) mass is 537 g/mol. The lowest BCUT2D eigenvalue weighted by Gasteiger charge is -2.05. The molecule has 2 aromatic rings. The van der Waals surface area contributed by atoms with E-state index in [-0.39, 0.29) is 18.3 Å². The van der Waals surface area contributed by atoms with Crippen LogP contribution in [0.5, 0.6) is 0 Å². The number of nitrogens with two attached hydrogens (primary N) is 1. The molecule has 0 fully saturated rings. The number of H-pyrrole nitrogens is 1. The van der Waals surface area contributed by atoms with Crippen LogP contribution in [-0.4, -0.2) is 37.4 Å². The molecule has 8 nitrogen and oxygen atoms in total. The predicted octanol–water partition coefficient (Wildman–Crippen LogP) is 6.56. The molecule has 0 saturated heterocycles. The maximum Gasteiger partial charge on any atom is 0.220 e. The summed E-state index contributed by atoms with van der Waals surface area (Å²) in [7, 11) is 0. The van der Waals surface area contributed by atoms with Crippen molar-refractivity contribution in [3.63, 3.8) is 0 Å². The highest BCUT2D eigenvalue weighted by Crippen LogP contribution is 2.13. The van der Waals surface area contributed by atoms with Gasteiger partial charge < -0.3 is 16.0 Å². The molecule has 0 radical (unpaired) electrons. The Morgan fingerprint density at radius 2 is 1.49 bits per heavy atom. The number of hydrogen-bond donors (Lipinski definition) is 3. The van der Waals surface area contributed by atoms with Crippen LogP contribution in [0.3, 0.4) is 0 Å². The first-order chi connectivity index (χ1) is 17.7. The van der Waals surface area contributed by atoms with Crippen LogP contribution in [0.25, 0.3) is 0 Å². The number of hydrogen-bond acceptors (Lipinski definition) is 5. The van der Waals surface area contributed by atoms with Crippen LogP contribution < -0.4 is 11.1 Å². The standard InChI is InChI=1S/C28H51N7O.ClH/c1-2-3-4-5-6-7-8-9-10-11-12-13-17-20-27(36)30-21-22-35-24-26(33-34-35)19-16-14-15-18-25-23-31-28(29)32-25;/h23-24H,2-22H2,1H3,(H,30,36)(H3,29,31,32);1H. The minimum Gasteiger partial charge on any atom is -0.369 e. The van der Waals surface area contributed by atoms with Crippen molar-refractivity contribution in [2.75, 3.05) is 12.3 Å². The maximum atomic E-state index is 12.1. The van der Waals surface area contributed by atoms with Crippen molar-refractivity contribution < 1.29 is 4.79 Å². The Balaban J connectivity index is 0.00000684. The number of aromatic amines is 1. The summed E-state index contributed by atoms with van der Waals surface area (Å²) in [4.78, 5) is 19.2. The highest BCUT2D eigenvalue weighted by Gasteiger charge is 2.04. The Bertz CT molecular complexity index is 808. The molecule has 212 valence electrons. The zero-order valence-corrected chi connectivity index (χ0v) is 24.0. The molecule has 0 spiro atoms. The third kappa shape index (κ3) is 17.1. The zero-order valence-electron chi connectivity index (χ0n) is 23.2. The highest BCUT2D eigenvalue weighted by atomic mass is 35.5. The van der Waals surface area contributed by atoms with Crippen molar-refractivity contribution in [3.8, 4) is 0 Å². The van der Waals surface area contributed by atoms with Crippen LogP contribution in [0.2, 0.25) is 0 Å². The molecule has 4 N–H and O–H groups in total. The molecular formula is C28H52ClN7O. The Morgan fingerprint density at radius 1 is 0.892 bits per heavy atom. The molecule has 2 heterocycles. The Hall–Kier alpha value is -2.09. The number of halogens is 1. The number of aromatic nitrogens is 5. The summed E-state index contributed by atoms with van der Waals surface area (Å²) < 4.78 is 1.83. The van der Waals surface area contributed by atoms with Gasteiger partial charge in [-0.05, 0) is 32.1 Å². The lowest BCUT2D eigenvalue weighted by Crippen LogP contribution is -2.27. The maximum absolute atomic E-state index is 12.1. The van der Waals surface area contributed by atoms with Crippen LogP contribution in [-0.2, 0) is 24.2 Å². The summed E-state index contributed by atoms with van der Waals surface area (Å²) in [5.41, 5.74) is 7.70. The van der Waals surface area contributed by atoms with E-state index in [1.807, 2.05) is 10.9 Å². The van der Waals surface area contributed by atoms with E-state index in [9.17, 15) is 4.79 Å². The van der Waals surface area contributed by atoms with E-state index in [1.54, 1.807) is 6.20 Å². The molecule has 0 aliphatic rings. The van der Waals surface area contributed by atoms with Gasteiger partial charge >= 0.3 is 0 Å². The topological polar surface area (TPSA) is 115 Å². The lowest BCUT2D eigenvalue weighted by molar-refractivity contribution is -0.121. The van der Waals surface area contributed by atoms with E-state index in [0.29, 0.717) is 25.5 Å². The molecule has 37 heavy (non-hydrogen) atoms. The molecule has 2 aromatic heterocycles. The van der Waals surface area contributed by atoms with Gasteiger partial charge in [0.25, 0.3) is 0 Å². The summed E-state index contributed by atoms with van der Waals surface area (Å²) in [6.45, 7) is 3.54. The van der Waals surface area contributed by atoms with Gasteiger partial charge in [0.2, 0.25) is 5.91 Å². The number of unbranched alkanes of at least 4 members (excludes halogenated alkanes) is 14. The summed E-state index contributed by atoms with van der Waals surface area (Å²) in [5.74, 6) is 0.634. The number of rotatable bonds is 23. The van der Waals surface area contributed by atoms with Crippen LogP contribution in [0.4, 0.5) is 5.95 Å². The average molecular weight is 538 g/mol. The second-order valence-corrected chi connectivity index (χ2v) is 10.2. The number of amides is 1. The van der Waals surface area contributed by atoms with Crippen molar-refractivity contribution in [1.29, 1.82) is 0 Å². The van der Waals surface area contributed by atoms with Gasteiger partial charge in [-0.15, -0.1) is 17.5 Å². The number of imidazole rings is 1. The Labute approximate surface area is 230 Å². The van der Waals surface area contributed by atoms with Crippen molar-refractivity contribution >= 4 is 24.3 Å². The molecule has 0 aromatic carbocycles. The minimum atomic E-state index is 0. The number of nitrogens with one attached hydrogen (secondary N) is 2. The van der Waals surface area contributed by atoms with Gasteiger partial charge in [-0.3, -0.25) is 9.48 Å². The zero-order chi connectivity index (χ0) is 25.7. The Kier molecular flexibility index (Phi) is 19.5.